The molecule has 0 spiro atoms. The number of hydrogen-bond donors (Lipinski definition) is 2. The van der Waals surface area contributed by atoms with Crippen LogP contribution in [-0.4, -0.2) is 24.2 Å². The molecule has 6 heteroatoms. The summed E-state index contributed by atoms with van der Waals surface area (Å²) in [5.74, 6) is -3.18. The van der Waals surface area contributed by atoms with E-state index in [1.54, 1.807) is 0 Å². The number of aliphatic hydroxyl groups is 1. The fraction of sp³-hybridized carbons (Fsp3) is 0.300. The van der Waals surface area contributed by atoms with Crippen LogP contribution in [0.5, 0.6) is 0 Å². The zero-order chi connectivity index (χ0) is 12.0. The summed E-state index contributed by atoms with van der Waals surface area (Å²) in [7, 11) is 0. The lowest BCUT2D eigenvalue weighted by molar-refractivity contribution is 0.0258. The number of halogens is 2. The summed E-state index contributed by atoms with van der Waals surface area (Å²) in [6.07, 6.45) is 0.339. The van der Waals surface area contributed by atoms with Gasteiger partial charge in [-0.1, -0.05) is 6.07 Å². The summed E-state index contributed by atoms with van der Waals surface area (Å²) >= 11 is 0. The topological polar surface area (TPSA) is 58.6 Å². The molecule has 88 valence electrons. The first-order valence-electron chi connectivity index (χ1n) is 4.64. The molecule has 0 heterocycles. The zero-order valence-electron chi connectivity index (χ0n) is 8.37. The summed E-state index contributed by atoms with van der Waals surface area (Å²) in [6, 6.07) is 3.28. The Kier molecular flexibility index (Phi) is 4.81. The maximum atomic E-state index is 13.1. The van der Waals surface area contributed by atoms with E-state index in [1.807, 2.05) is 5.48 Å². The minimum Gasteiger partial charge on any atom is -0.396 e. The quantitative estimate of drug-likeness (QED) is 0.587. The highest BCUT2D eigenvalue weighted by atomic mass is 19.2. The van der Waals surface area contributed by atoms with E-state index < -0.39 is 23.1 Å². The molecule has 0 unspecified atom stereocenters. The van der Waals surface area contributed by atoms with Gasteiger partial charge in [0.1, 0.15) is 0 Å². The van der Waals surface area contributed by atoms with Crippen LogP contribution in [0.1, 0.15) is 16.8 Å². The van der Waals surface area contributed by atoms with E-state index in [1.165, 1.54) is 6.07 Å². The van der Waals surface area contributed by atoms with E-state index in [2.05, 4.69) is 4.84 Å². The molecule has 0 saturated carbocycles. The number of carbonyl (C=O) groups is 1. The number of amides is 1. The molecule has 1 amide bonds. The first-order chi connectivity index (χ1) is 7.66. The molecular formula is C10H11F2NO3. The van der Waals surface area contributed by atoms with Gasteiger partial charge in [0.05, 0.1) is 12.2 Å². The molecule has 0 aliphatic carbocycles. The van der Waals surface area contributed by atoms with Crippen molar-refractivity contribution in [2.75, 3.05) is 13.2 Å². The predicted molar refractivity (Wildman–Crippen MR) is 51.5 cm³/mol. The number of benzene rings is 1. The molecule has 1 aromatic carbocycles. The highest BCUT2D eigenvalue weighted by molar-refractivity contribution is 5.93. The number of hydrogen-bond acceptors (Lipinski definition) is 3. The molecule has 16 heavy (non-hydrogen) atoms. The third-order valence-corrected chi connectivity index (χ3v) is 1.77. The molecule has 0 aliphatic heterocycles. The number of carbonyl (C=O) groups excluding carboxylic acids is 1. The lowest BCUT2D eigenvalue weighted by Gasteiger charge is -2.06. The van der Waals surface area contributed by atoms with Gasteiger partial charge in [-0.15, -0.1) is 0 Å². The van der Waals surface area contributed by atoms with E-state index in [0.717, 1.165) is 12.1 Å². The van der Waals surface area contributed by atoms with E-state index in [4.69, 9.17) is 5.11 Å². The van der Waals surface area contributed by atoms with Crippen LogP contribution in [0.3, 0.4) is 0 Å². The second-order valence-corrected chi connectivity index (χ2v) is 2.96. The van der Waals surface area contributed by atoms with Crippen molar-refractivity contribution in [2.45, 2.75) is 6.42 Å². The number of hydroxylamine groups is 1. The van der Waals surface area contributed by atoms with E-state index in [9.17, 15) is 13.6 Å². The van der Waals surface area contributed by atoms with Gasteiger partial charge in [-0.3, -0.25) is 9.63 Å². The molecule has 0 aliphatic rings. The molecule has 0 aromatic heterocycles. The van der Waals surface area contributed by atoms with Crippen LogP contribution in [0.25, 0.3) is 0 Å². The zero-order valence-corrected chi connectivity index (χ0v) is 8.37. The van der Waals surface area contributed by atoms with Crippen molar-refractivity contribution in [2.24, 2.45) is 0 Å². The molecule has 4 nitrogen and oxygen atoms in total. The van der Waals surface area contributed by atoms with E-state index >= 15 is 0 Å². The van der Waals surface area contributed by atoms with Gasteiger partial charge in [0.2, 0.25) is 0 Å². The molecule has 0 bridgehead atoms. The van der Waals surface area contributed by atoms with Crippen LogP contribution in [0, 0.1) is 11.6 Å². The average molecular weight is 231 g/mol. The highest BCUT2D eigenvalue weighted by Crippen LogP contribution is 2.10. The van der Waals surface area contributed by atoms with Crippen molar-refractivity contribution in [3.63, 3.8) is 0 Å². The highest BCUT2D eigenvalue weighted by Gasteiger charge is 2.14. The molecule has 0 radical (unpaired) electrons. The van der Waals surface area contributed by atoms with Gasteiger partial charge in [0, 0.05) is 6.61 Å². The van der Waals surface area contributed by atoms with Crippen LogP contribution in [0.15, 0.2) is 18.2 Å². The maximum absolute atomic E-state index is 13.1. The summed E-state index contributed by atoms with van der Waals surface area (Å²) in [5.41, 5.74) is 1.52. The van der Waals surface area contributed by atoms with Gasteiger partial charge in [-0.05, 0) is 18.6 Å². The average Bonchev–Trinajstić information content (AvgIpc) is 2.28. The van der Waals surface area contributed by atoms with Gasteiger partial charge in [-0.25, -0.2) is 14.3 Å². The standard InChI is InChI=1S/C10H11F2NO3/c11-8-4-1-3-7(9(8)12)10(15)13-16-6-2-5-14/h1,3-4,14H,2,5-6H2,(H,13,15). The monoisotopic (exact) mass is 231 g/mol. The summed E-state index contributed by atoms with van der Waals surface area (Å²) in [5, 5.41) is 8.43. The smallest absolute Gasteiger partial charge is 0.277 e. The molecular weight excluding hydrogens is 220 g/mol. The van der Waals surface area contributed by atoms with Crippen molar-refractivity contribution in [1.82, 2.24) is 5.48 Å². The Morgan fingerprint density at radius 1 is 1.44 bits per heavy atom. The number of aliphatic hydroxyl groups excluding tert-OH is 1. The lowest BCUT2D eigenvalue weighted by atomic mass is 10.2. The normalized spacial score (nSPS) is 10.2. The molecule has 0 fully saturated rings. The Balaban J connectivity index is 2.56. The summed E-state index contributed by atoms with van der Waals surface area (Å²) in [4.78, 5) is 15.9. The van der Waals surface area contributed by atoms with Gasteiger partial charge in [-0.2, -0.15) is 0 Å². The maximum Gasteiger partial charge on any atom is 0.277 e. The van der Waals surface area contributed by atoms with Crippen molar-refractivity contribution in [1.29, 1.82) is 0 Å². The Labute approximate surface area is 90.8 Å². The van der Waals surface area contributed by atoms with Crippen molar-refractivity contribution >= 4 is 5.91 Å². The Morgan fingerprint density at radius 2 is 2.19 bits per heavy atom. The Morgan fingerprint density at radius 3 is 2.88 bits per heavy atom. The first kappa shape index (κ1) is 12.5. The Bertz CT molecular complexity index is 371. The van der Waals surface area contributed by atoms with Crippen molar-refractivity contribution in [3.8, 4) is 0 Å². The molecule has 2 N–H and O–H groups in total. The minimum absolute atomic E-state index is 0.0792. The largest absolute Gasteiger partial charge is 0.396 e. The van der Waals surface area contributed by atoms with Gasteiger partial charge in [0.15, 0.2) is 11.6 Å². The van der Waals surface area contributed by atoms with Crippen molar-refractivity contribution in [3.05, 3.63) is 35.4 Å². The third-order valence-electron chi connectivity index (χ3n) is 1.77. The fourth-order valence-electron chi connectivity index (χ4n) is 0.987. The van der Waals surface area contributed by atoms with E-state index in [0.29, 0.717) is 6.42 Å². The van der Waals surface area contributed by atoms with Crippen LogP contribution in [0.2, 0.25) is 0 Å². The minimum atomic E-state index is -1.22. The number of rotatable bonds is 5. The molecule has 1 aromatic rings. The van der Waals surface area contributed by atoms with Crippen molar-refractivity contribution < 1.29 is 23.5 Å². The summed E-state index contributed by atoms with van der Waals surface area (Å²) in [6.45, 7) is 0.0172. The van der Waals surface area contributed by atoms with Gasteiger partial charge < -0.3 is 5.11 Å². The van der Waals surface area contributed by atoms with Crippen LogP contribution >= 0.6 is 0 Å². The first-order valence-corrected chi connectivity index (χ1v) is 4.64. The second-order valence-electron chi connectivity index (χ2n) is 2.96. The third kappa shape index (κ3) is 3.25. The summed E-state index contributed by atoms with van der Waals surface area (Å²) < 4.78 is 25.8. The molecule has 0 saturated heterocycles. The Hall–Kier alpha value is -1.53. The number of nitrogens with one attached hydrogen (secondary N) is 1. The van der Waals surface area contributed by atoms with Crippen LogP contribution in [0.4, 0.5) is 8.78 Å². The molecule has 1 rings (SSSR count). The van der Waals surface area contributed by atoms with Crippen LogP contribution < -0.4 is 5.48 Å². The SMILES string of the molecule is O=C(NOCCCO)c1cccc(F)c1F. The molecule has 0 atom stereocenters. The second kappa shape index (κ2) is 6.14. The van der Waals surface area contributed by atoms with Gasteiger partial charge >= 0.3 is 0 Å². The predicted octanol–water partition coefficient (Wildman–Crippen LogP) is 1.01. The van der Waals surface area contributed by atoms with Crippen LogP contribution in [-0.2, 0) is 4.84 Å². The van der Waals surface area contributed by atoms with Gasteiger partial charge in [0.25, 0.3) is 5.91 Å². The fourth-order valence-corrected chi connectivity index (χ4v) is 0.987. The lowest BCUT2D eigenvalue weighted by Crippen LogP contribution is -2.25. The van der Waals surface area contributed by atoms with E-state index in [-0.39, 0.29) is 13.2 Å².